The van der Waals surface area contributed by atoms with Crippen molar-refractivity contribution in [1.29, 1.82) is 0 Å². The fourth-order valence-electron chi connectivity index (χ4n) is 5.07. The number of benzene rings is 2. The van der Waals surface area contributed by atoms with Gasteiger partial charge in [0, 0.05) is 18.7 Å². The van der Waals surface area contributed by atoms with Crippen molar-refractivity contribution in [2.45, 2.75) is 77.9 Å². The number of aliphatic carboxylic acids is 1. The molecule has 0 spiro atoms. The van der Waals surface area contributed by atoms with E-state index >= 15 is 0 Å². The zero-order valence-electron chi connectivity index (χ0n) is 23.2. The van der Waals surface area contributed by atoms with Crippen LogP contribution in [0.1, 0.15) is 79.8 Å². The Labute approximate surface area is 232 Å². The summed E-state index contributed by atoms with van der Waals surface area (Å²) in [5.41, 5.74) is 4.27. The van der Waals surface area contributed by atoms with E-state index in [1.807, 2.05) is 49.6 Å². The SMILES string of the molecule is CCCCN(CC1CCCCC1)OCc1ccc(C(=O)N[C@@H](CCSC)C(=O)O)c(-c2ccccc2C)c1. The number of aryl methyl sites for hydroxylation is 1. The van der Waals surface area contributed by atoms with Gasteiger partial charge in [0.15, 0.2) is 0 Å². The monoisotopic (exact) mass is 540 g/mol. The van der Waals surface area contributed by atoms with E-state index in [1.165, 1.54) is 32.1 Å². The van der Waals surface area contributed by atoms with Gasteiger partial charge in [-0.25, -0.2) is 4.79 Å². The molecule has 2 aromatic carbocycles. The van der Waals surface area contributed by atoms with Gasteiger partial charge in [0.25, 0.3) is 5.91 Å². The van der Waals surface area contributed by atoms with Crippen molar-refractivity contribution in [2.75, 3.05) is 25.1 Å². The summed E-state index contributed by atoms with van der Waals surface area (Å²) in [7, 11) is 0. The van der Waals surface area contributed by atoms with Gasteiger partial charge in [0.1, 0.15) is 6.04 Å². The third kappa shape index (κ3) is 9.14. The summed E-state index contributed by atoms with van der Waals surface area (Å²) < 4.78 is 0. The highest BCUT2D eigenvalue weighted by molar-refractivity contribution is 7.98. The van der Waals surface area contributed by atoms with E-state index < -0.39 is 12.0 Å². The van der Waals surface area contributed by atoms with Crippen LogP contribution in [0.4, 0.5) is 0 Å². The van der Waals surface area contributed by atoms with E-state index in [9.17, 15) is 14.7 Å². The molecular weight excluding hydrogens is 496 g/mol. The maximum Gasteiger partial charge on any atom is 0.326 e. The second kappa shape index (κ2) is 15.9. The lowest BCUT2D eigenvalue weighted by molar-refractivity contribution is -0.178. The normalized spacial score (nSPS) is 14.9. The number of hydroxylamine groups is 2. The fraction of sp³-hybridized carbons (Fsp3) is 0.548. The topological polar surface area (TPSA) is 78.9 Å². The van der Waals surface area contributed by atoms with Crippen LogP contribution in [-0.4, -0.2) is 53.2 Å². The first kappa shape index (κ1) is 30.2. The maximum absolute atomic E-state index is 13.3. The van der Waals surface area contributed by atoms with Gasteiger partial charge in [-0.3, -0.25) is 9.63 Å². The minimum absolute atomic E-state index is 0.369. The Bertz CT molecular complexity index is 1040. The van der Waals surface area contributed by atoms with E-state index in [0.29, 0.717) is 30.3 Å². The molecule has 2 aromatic rings. The summed E-state index contributed by atoms with van der Waals surface area (Å²) in [4.78, 5) is 31.4. The molecule has 0 unspecified atom stereocenters. The predicted molar refractivity (Wildman–Crippen MR) is 156 cm³/mol. The highest BCUT2D eigenvalue weighted by Gasteiger charge is 2.23. The number of rotatable bonds is 15. The summed E-state index contributed by atoms with van der Waals surface area (Å²) in [5, 5.41) is 14.5. The molecule has 1 atom stereocenters. The number of thioether (sulfide) groups is 1. The van der Waals surface area contributed by atoms with Crippen LogP contribution >= 0.6 is 11.8 Å². The van der Waals surface area contributed by atoms with Crippen molar-refractivity contribution in [3.8, 4) is 11.1 Å². The average molecular weight is 541 g/mol. The number of amides is 1. The highest BCUT2D eigenvalue weighted by Crippen LogP contribution is 2.29. The molecular formula is C31H44N2O4S. The Morgan fingerprint density at radius 3 is 2.58 bits per heavy atom. The van der Waals surface area contributed by atoms with Crippen molar-refractivity contribution < 1.29 is 19.5 Å². The smallest absolute Gasteiger partial charge is 0.326 e. The molecule has 0 radical (unpaired) electrons. The van der Waals surface area contributed by atoms with Crippen molar-refractivity contribution in [1.82, 2.24) is 10.4 Å². The number of unbranched alkanes of at least 4 members (excludes halogenated alkanes) is 1. The second-order valence-electron chi connectivity index (χ2n) is 10.4. The lowest BCUT2D eigenvalue weighted by Crippen LogP contribution is -2.41. The zero-order chi connectivity index (χ0) is 27.3. The van der Waals surface area contributed by atoms with E-state index in [2.05, 4.69) is 17.3 Å². The van der Waals surface area contributed by atoms with Gasteiger partial charge in [-0.1, -0.05) is 62.9 Å². The van der Waals surface area contributed by atoms with Crippen LogP contribution in [0.15, 0.2) is 42.5 Å². The third-order valence-electron chi connectivity index (χ3n) is 7.34. The van der Waals surface area contributed by atoms with E-state index in [-0.39, 0.29) is 5.91 Å². The molecule has 0 bridgehead atoms. The molecule has 7 heteroatoms. The van der Waals surface area contributed by atoms with Crippen LogP contribution in [0.25, 0.3) is 11.1 Å². The molecule has 0 saturated heterocycles. The van der Waals surface area contributed by atoms with Gasteiger partial charge < -0.3 is 10.4 Å². The molecule has 0 heterocycles. The average Bonchev–Trinajstić information content (AvgIpc) is 2.93. The Kier molecular flexibility index (Phi) is 12.6. The van der Waals surface area contributed by atoms with Crippen LogP contribution in [-0.2, 0) is 16.2 Å². The Morgan fingerprint density at radius 2 is 1.89 bits per heavy atom. The molecule has 0 aromatic heterocycles. The van der Waals surface area contributed by atoms with Crippen LogP contribution in [0.3, 0.4) is 0 Å². The fourth-order valence-corrected chi connectivity index (χ4v) is 5.54. The van der Waals surface area contributed by atoms with Gasteiger partial charge in [-0.15, -0.1) is 0 Å². The number of carboxylic acid groups (broad SMARTS) is 1. The van der Waals surface area contributed by atoms with E-state index in [1.54, 1.807) is 17.8 Å². The lowest BCUT2D eigenvalue weighted by Gasteiger charge is -2.29. The number of hydrogen-bond acceptors (Lipinski definition) is 5. The first-order valence-electron chi connectivity index (χ1n) is 14.0. The maximum atomic E-state index is 13.3. The van der Waals surface area contributed by atoms with E-state index in [4.69, 9.17) is 4.84 Å². The Balaban J connectivity index is 1.82. The number of carbonyl (C=O) groups excluding carboxylic acids is 1. The second-order valence-corrected chi connectivity index (χ2v) is 11.3. The number of hydrogen-bond donors (Lipinski definition) is 2. The standard InChI is InChI=1S/C31H44N2O4S/c1-4-5-18-33(21-24-12-7-6-8-13-24)37-22-25-15-16-27(28(20-25)26-14-10-9-11-23(26)2)30(34)32-29(31(35)36)17-19-38-3/h9-11,14-16,20,24,29H,4-8,12-13,17-19,21-22H2,1-3H3,(H,32,34)(H,35,36)/t29-/m0/s1. The number of carbonyl (C=O) groups is 2. The molecule has 1 aliphatic rings. The number of nitrogens with one attached hydrogen (secondary N) is 1. The van der Waals surface area contributed by atoms with Crippen molar-refractivity contribution in [3.63, 3.8) is 0 Å². The molecule has 38 heavy (non-hydrogen) atoms. The Hall–Kier alpha value is -2.35. The minimum Gasteiger partial charge on any atom is -0.480 e. The molecule has 2 N–H and O–H groups in total. The molecule has 1 amide bonds. The van der Waals surface area contributed by atoms with Gasteiger partial charge in [-0.05, 0) is 84.9 Å². The van der Waals surface area contributed by atoms with Gasteiger partial charge in [0.05, 0.1) is 6.61 Å². The van der Waals surface area contributed by atoms with Crippen molar-refractivity contribution in [2.24, 2.45) is 5.92 Å². The molecule has 3 rings (SSSR count). The summed E-state index contributed by atoms with van der Waals surface area (Å²) in [6.07, 6.45) is 11.1. The van der Waals surface area contributed by atoms with Crippen LogP contribution in [0, 0.1) is 12.8 Å². The van der Waals surface area contributed by atoms with Gasteiger partial charge in [0.2, 0.25) is 0 Å². The number of nitrogens with zero attached hydrogens (tertiary/aromatic N) is 1. The van der Waals surface area contributed by atoms with Crippen molar-refractivity contribution >= 4 is 23.6 Å². The zero-order valence-corrected chi connectivity index (χ0v) is 24.0. The summed E-state index contributed by atoms with van der Waals surface area (Å²) >= 11 is 1.56. The summed E-state index contributed by atoms with van der Waals surface area (Å²) in [6.45, 7) is 6.55. The van der Waals surface area contributed by atoms with Crippen LogP contribution in [0.5, 0.6) is 0 Å². The molecule has 208 valence electrons. The quantitative estimate of drug-likeness (QED) is 0.244. The first-order valence-corrected chi connectivity index (χ1v) is 15.4. The highest BCUT2D eigenvalue weighted by atomic mass is 32.2. The van der Waals surface area contributed by atoms with Crippen LogP contribution in [0.2, 0.25) is 0 Å². The third-order valence-corrected chi connectivity index (χ3v) is 7.98. The number of carboxylic acids is 1. The predicted octanol–water partition coefficient (Wildman–Crippen LogP) is 6.71. The minimum atomic E-state index is -1.01. The lowest BCUT2D eigenvalue weighted by atomic mass is 9.89. The first-order chi connectivity index (χ1) is 18.4. The van der Waals surface area contributed by atoms with Crippen LogP contribution < -0.4 is 5.32 Å². The van der Waals surface area contributed by atoms with E-state index in [0.717, 1.165) is 48.2 Å². The van der Waals surface area contributed by atoms with Gasteiger partial charge in [-0.2, -0.15) is 16.8 Å². The molecule has 0 aliphatic heterocycles. The molecule has 1 aliphatic carbocycles. The summed E-state index contributed by atoms with van der Waals surface area (Å²) in [6, 6.07) is 12.8. The van der Waals surface area contributed by atoms with Crippen molar-refractivity contribution in [3.05, 3.63) is 59.2 Å². The Morgan fingerprint density at radius 1 is 1.13 bits per heavy atom. The largest absolute Gasteiger partial charge is 0.480 e. The molecule has 1 fully saturated rings. The molecule has 6 nitrogen and oxygen atoms in total. The molecule has 1 saturated carbocycles. The van der Waals surface area contributed by atoms with Gasteiger partial charge >= 0.3 is 5.97 Å². The summed E-state index contributed by atoms with van der Waals surface area (Å²) in [5.74, 6) is -0.0262.